The minimum atomic E-state index is -0.197. The van der Waals surface area contributed by atoms with E-state index in [1.807, 2.05) is 37.4 Å². The first-order valence-corrected chi connectivity index (χ1v) is 7.53. The van der Waals surface area contributed by atoms with Gasteiger partial charge in [0.1, 0.15) is 11.6 Å². The maximum Gasteiger partial charge on any atom is 0.123 e. The fourth-order valence-corrected chi connectivity index (χ4v) is 3.63. The van der Waals surface area contributed by atoms with Gasteiger partial charge in [-0.2, -0.15) is 0 Å². The summed E-state index contributed by atoms with van der Waals surface area (Å²) in [5, 5.41) is 4.27. The topological polar surface area (TPSA) is 21.3 Å². The van der Waals surface area contributed by atoms with E-state index >= 15 is 0 Å². The van der Waals surface area contributed by atoms with Crippen molar-refractivity contribution < 1.29 is 9.13 Å². The Hall–Kier alpha value is -1.91. The van der Waals surface area contributed by atoms with Crippen molar-refractivity contribution in [2.24, 2.45) is 0 Å². The van der Waals surface area contributed by atoms with Crippen molar-refractivity contribution >= 4 is 21.4 Å². The van der Waals surface area contributed by atoms with Crippen molar-refractivity contribution in [2.45, 2.75) is 6.04 Å². The summed E-state index contributed by atoms with van der Waals surface area (Å²) in [4.78, 5) is 1.17. The van der Waals surface area contributed by atoms with Crippen LogP contribution in [0.5, 0.6) is 5.75 Å². The van der Waals surface area contributed by atoms with Gasteiger partial charge in [0.2, 0.25) is 0 Å². The summed E-state index contributed by atoms with van der Waals surface area (Å²) in [7, 11) is 3.59. The zero-order valence-electron chi connectivity index (χ0n) is 11.9. The summed E-state index contributed by atoms with van der Waals surface area (Å²) in [6.45, 7) is 0. The first kappa shape index (κ1) is 14.0. The maximum absolute atomic E-state index is 13.3. The van der Waals surface area contributed by atoms with E-state index in [0.29, 0.717) is 0 Å². The highest BCUT2D eigenvalue weighted by molar-refractivity contribution is 7.19. The lowest BCUT2D eigenvalue weighted by atomic mass is 10.0. The molecule has 0 saturated heterocycles. The Labute approximate surface area is 127 Å². The quantitative estimate of drug-likeness (QED) is 0.773. The van der Waals surface area contributed by atoms with Crippen LogP contribution in [0.25, 0.3) is 10.1 Å². The van der Waals surface area contributed by atoms with E-state index in [1.54, 1.807) is 24.5 Å². The van der Waals surface area contributed by atoms with E-state index in [2.05, 4.69) is 11.4 Å². The molecule has 0 amide bonds. The number of fused-ring (bicyclic) bond motifs is 1. The molecule has 1 unspecified atom stereocenters. The minimum absolute atomic E-state index is 0.0939. The van der Waals surface area contributed by atoms with Gasteiger partial charge >= 0.3 is 0 Å². The highest BCUT2D eigenvalue weighted by Gasteiger charge is 2.15. The van der Waals surface area contributed by atoms with Gasteiger partial charge in [0, 0.05) is 9.58 Å². The van der Waals surface area contributed by atoms with E-state index in [0.717, 1.165) is 21.4 Å². The number of ether oxygens (including phenoxy) is 1. The summed E-state index contributed by atoms with van der Waals surface area (Å²) in [6.07, 6.45) is 0. The van der Waals surface area contributed by atoms with E-state index < -0.39 is 0 Å². The summed E-state index contributed by atoms with van der Waals surface area (Å²) < 4.78 is 19.6. The van der Waals surface area contributed by atoms with E-state index in [9.17, 15) is 4.39 Å². The normalized spacial score (nSPS) is 12.5. The molecule has 0 fully saturated rings. The number of rotatable bonds is 4. The van der Waals surface area contributed by atoms with E-state index in [4.69, 9.17) is 4.74 Å². The van der Waals surface area contributed by atoms with Crippen LogP contribution in [0.1, 0.15) is 16.5 Å². The third-order valence-electron chi connectivity index (χ3n) is 3.52. The lowest BCUT2D eigenvalue weighted by Gasteiger charge is -2.15. The first-order chi connectivity index (χ1) is 10.2. The van der Waals surface area contributed by atoms with Crippen LogP contribution in [-0.4, -0.2) is 14.2 Å². The second-order valence-corrected chi connectivity index (χ2v) is 5.94. The molecular formula is C17H16FNOS. The standard InChI is InChI=1S/C17H16FNOS/c1-19-17(11-3-6-14(20-2)7-4-11)16-10-12-9-13(18)5-8-15(12)21-16/h3-10,17,19H,1-2H3. The minimum Gasteiger partial charge on any atom is -0.497 e. The largest absolute Gasteiger partial charge is 0.497 e. The monoisotopic (exact) mass is 301 g/mol. The molecule has 21 heavy (non-hydrogen) atoms. The molecule has 3 aromatic rings. The summed E-state index contributed by atoms with van der Waals surface area (Å²) >= 11 is 1.68. The first-order valence-electron chi connectivity index (χ1n) is 6.71. The summed E-state index contributed by atoms with van der Waals surface area (Å²) in [5.41, 5.74) is 1.16. The Morgan fingerprint density at radius 1 is 1.10 bits per heavy atom. The van der Waals surface area contributed by atoms with Crippen LogP contribution in [-0.2, 0) is 0 Å². The molecule has 1 aromatic heterocycles. The van der Waals surface area contributed by atoms with Crippen molar-refractivity contribution in [3.63, 3.8) is 0 Å². The van der Waals surface area contributed by atoms with Crippen LogP contribution in [0.4, 0.5) is 4.39 Å². The van der Waals surface area contributed by atoms with Gasteiger partial charge in [-0.15, -0.1) is 11.3 Å². The number of methoxy groups -OCH3 is 1. The summed E-state index contributed by atoms with van der Waals surface area (Å²) in [6, 6.07) is 15.1. The number of hydrogen-bond acceptors (Lipinski definition) is 3. The second-order valence-electron chi connectivity index (χ2n) is 4.83. The fourth-order valence-electron chi connectivity index (χ4n) is 2.45. The third kappa shape index (κ3) is 2.77. The van der Waals surface area contributed by atoms with Gasteiger partial charge in [-0.05, 0) is 54.4 Å². The Balaban J connectivity index is 2.00. The molecule has 0 aliphatic carbocycles. The highest BCUT2D eigenvalue weighted by atomic mass is 32.1. The van der Waals surface area contributed by atoms with Gasteiger partial charge in [-0.25, -0.2) is 4.39 Å². The fraction of sp³-hybridized carbons (Fsp3) is 0.176. The Morgan fingerprint density at radius 3 is 2.52 bits per heavy atom. The average Bonchev–Trinajstić information content (AvgIpc) is 2.91. The molecule has 2 nitrogen and oxygen atoms in total. The molecule has 0 bridgehead atoms. The number of thiophene rings is 1. The zero-order valence-corrected chi connectivity index (χ0v) is 12.7. The number of hydrogen-bond donors (Lipinski definition) is 1. The van der Waals surface area contributed by atoms with Crippen molar-refractivity contribution in [3.8, 4) is 5.75 Å². The van der Waals surface area contributed by atoms with E-state index in [-0.39, 0.29) is 11.9 Å². The van der Waals surface area contributed by atoms with Gasteiger partial charge < -0.3 is 10.1 Å². The highest BCUT2D eigenvalue weighted by Crippen LogP contribution is 2.33. The SMILES string of the molecule is CNC(c1ccc(OC)cc1)c1cc2cc(F)ccc2s1. The molecule has 0 aliphatic heterocycles. The molecule has 0 radical (unpaired) electrons. The molecular weight excluding hydrogens is 285 g/mol. The Kier molecular flexibility index (Phi) is 3.90. The lowest BCUT2D eigenvalue weighted by molar-refractivity contribution is 0.414. The average molecular weight is 301 g/mol. The summed E-state index contributed by atoms with van der Waals surface area (Å²) in [5.74, 6) is 0.643. The molecule has 0 saturated carbocycles. The van der Waals surface area contributed by atoms with Crippen LogP contribution < -0.4 is 10.1 Å². The van der Waals surface area contributed by atoms with Gasteiger partial charge in [-0.1, -0.05) is 12.1 Å². The second kappa shape index (κ2) is 5.84. The number of halogens is 1. The van der Waals surface area contributed by atoms with Crippen molar-refractivity contribution in [3.05, 3.63) is 64.8 Å². The van der Waals surface area contributed by atoms with Crippen molar-refractivity contribution in [2.75, 3.05) is 14.2 Å². The van der Waals surface area contributed by atoms with Crippen LogP contribution >= 0.6 is 11.3 Å². The molecule has 2 aromatic carbocycles. The smallest absolute Gasteiger partial charge is 0.123 e. The van der Waals surface area contributed by atoms with Gasteiger partial charge in [0.25, 0.3) is 0 Å². The van der Waals surface area contributed by atoms with Crippen molar-refractivity contribution in [1.29, 1.82) is 0 Å². The molecule has 0 aliphatic rings. The van der Waals surface area contributed by atoms with Gasteiger partial charge in [0.15, 0.2) is 0 Å². The molecule has 108 valence electrons. The van der Waals surface area contributed by atoms with Gasteiger partial charge in [0.05, 0.1) is 13.2 Å². The predicted molar refractivity (Wildman–Crippen MR) is 85.7 cm³/mol. The maximum atomic E-state index is 13.3. The molecule has 3 rings (SSSR count). The van der Waals surface area contributed by atoms with Crippen LogP contribution in [0.3, 0.4) is 0 Å². The lowest BCUT2D eigenvalue weighted by Crippen LogP contribution is -2.16. The van der Waals surface area contributed by atoms with Crippen LogP contribution in [0.15, 0.2) is 48.5 Å². The molecule has 4 heteroatoms. The number of nitrogens with one attached hydrogen (secondary N) is 1. The van der Waals surface area contributed by atoms with Gasteiger partial charge in [-0.3, -0.25) is 0 Å². The molecule has 0 spiro atoms. The third-order valence-corrected chi connectivity index (χ3v) is 4.70. The Bertz CT molecular complexity index is 751. The van der Waals surface area contributed by atoms with Crippen LogP contribution in [0.2, 0.25) is 0 Å². The van der Waals surface area contributed by atoms with E-state index in [1.165, 1.54) is 10.9 Å². The van der Waals surface area contributed by atoms with Crippen LogP contribution in [0, 0.1) is 5.82 Å². The zero-order chi connectivity index (χ0) is 14.8. The van der Waals surface area contributed by atoms with Crippen molar-refractivity contribution in [1.82, 2.24) is 5.32 Å². The molecule has 1 atom stereocenters. The predicted octanol–water partition coefficient (Wildman–Crippen LogP) is 4.36. The molecule has 1 N–H and O–H groups in total. The molecule has 1 heterocycles. The Morgan fingerprint density at radius 2 is 1.86 bits per heavy atom. The number of benzene rings is 2.